The Kier molecular flexibility index (Phi) is 16.0. The molecule has 22 heteroatoms. The number of rotatable bonds is 12. The van der Waals surface area contributed by atoms with E-state index in [1.54, 1.807) is 19.9 Å². The van der Waals surface area contributed by atoms with Crippen molar-refractivity contribution in [1.82, 2.24) is 0 Å². The number of hydrogen-bond acceptors (Lipinski definition) is 21. The van der Waals surface area contributed by atoms with Crippen LogP contribution < -0.4 is 0 Å². The predicted octanol–water partition coefficient (Wildman–Crippen LogP) is -1.25. The van der Waals surface area contributed by atoms with E-state index in [1.807, 2.05) is 34.6 Å². The third-order valence-corrected chi connectivity index (χ3v) is 20.3. The van der Waals surface area contributed by atoms with Gasteiger partial charge in [-0.25, -0.2) is 9.59 Å². The Labute approximate surface area is 430 Å². The first-order valence-electron chi connectivity index (χ1n) is 26.2. The van der Waals surface area contributed by atoms with E-state index in [1.165, 1.54) is 0 Å². The largest absolute Gasteiger partial charge is 0.479 e. The lowest BCUT2D eigenvalue weighted by atomic mass is 9.31. The lowest BCUT2D eigenvalue weighted by molar-refractivity contribution is -0.384. The van der Waals surface area contributed by atoms with Gasteiger partial charge in [0.05, 0.1) is 43.5 Å². The molecular formula is C52H82O22. The third kappa shape index (κ3) is 8.59. The zero-order valence-electron chi connectivity index (χ0n) is 43.7. The molecular weight excluding hydrogens is 977 g/mol. The van der Waals surface area contributed by atoms with E-state index in [2.05, 4.69) is 19.9 Å². The Morgan fingerprint density at radius 2 is 1.27 bits per heavy atom. The van der Waals surface area contributed by atoms with Crippen LogP contribution in [0, 0.1) is 50.2 Å². The van der Waals surface area contributed by atoms with Crippen LogP contribution in [0.3, 0.4) is 0 Å². The van der Waals surface area contributed by atoms with E-state index in [0.29, 0.717) is 44.1 Å². The quantitative estimate of drug-likeness (QED) is 0.0617. The molecule has 0 aromatic rings. The first-order chi connectivity index (χ1) is 34.5. The lowest BCUT2D eigenvalue weighted by Crippen LogP contribution is -2.78. The molecule has 26 atom stereocenters. The minimum Gasteiger partial charge on any atom is -0.479 e. The van der Waals surface area contributed by atoms with Gasteiger partial charge in [-0.2, -0.15) is 0 Å². The number of aliphatic hydroxyl groups excluding tert-OH is 12. The van der Waals surface area contributed by atoms with Gasteiger partial charge in [0.15, 0.2) is 25.0 Å². The summed E-state index contributed by atoms with van der Waals surface area (Å²) in [4.78, 5) is 26.0. The second-order valence-electron chi connectivity index (χ2n) is 24.6. The van der Waals surface area contributed by atoms with Crippen molar-refractivity contribution >= 4 is 11.9 Å². The van der Waals surface area contributed by atoms with Gasteiger partial charge >= 0.3 is 11.9 Å². The highest BCUT2D eigenvalue weighted by molar-refractivity contribution is 5.87. The van der Waals surface area contributed by atoms with E-state index in [4.69, 9.17) is 33.2 Å². The van der Waals surface area contributed by atoms with Gasteiger partial charge in [-0.1, -0.05) is 66.2 Å². The molecule has 7 fully saturated rings. The molecule has 8 aliphatic rings. The molecule has 74 heavy (non-hydrogen) atoms. The number of aliphatic carboxylic acids is 1. The Morgan fingerprint density at radius 3 is 1.84 bits per heavy atom. The molecule has 3 heterocycles. The van der Waals surface area contributed by atoms with Crippen molar-refractivity contribution in [2.75, 3.05) is 19.8 Å². The van der Waals surface area contributed by atoms with Crippen LogP contribution in [0.1, 0.15) is 101 Å². The van der Waals surface area contributed by atoms with Gasteiger partial charge in [-0.05, 0) is 81.0 Å². The monoisotopic (exact) mass is 1060 g/mol. The normalized spacial score (nSPS) is 51.9. The number of carbonyl (C=O) groups excluding carboxylic acids is 1. The predicted molar refractivity (Wildman–Crippen MR) is 253 cm³/mol. The maximum absolute atomic E-state index is 13.2. The fourth-order valence-electron chi connectivity index (χ4n) is 15.8. The average Bonchev–Trinajstić information content (AvgIpc) is 3.62. The van der Waals surface area contributed by atoms with Crippen LogP contribution in [0.4, 0.5) is 0 Å². The summed E-state index contributed by atoms with van der Waals surface area (Å²) in [6.07, 6.45) is -25.2. The summed E-state index contributed by atoms with van der Waals surface area (Å²) in [6, 6.07) is 0. The summed E-state index contributed by atoms with van der Waals surface area (Å²) in [6.45, 7) is 15.2. The topological polar surface area (TPSA) is 362 Å². The molecule has 0 spiro atoms. The molecule has 4 saturated carbocycles. The van der Waals surface area contributed by atoms with E-state index < -0.39 is 187 Å². The van der Waals surface area contributed by atoms with Gasteiger partial charge in [-0.3, -0.25) is 0 Å². The number of hydrogen-bond donors (Lipinski definition) is 13. The molecule has 22 nitrogen and oxygen atoms in total. The number of aliphatic hydroxyl groups is 12. The summed E-state index contributed by atoms with van der Waals surface area (Å²) in [5, 5.41) is 145. The van der Waals surface area contributed by atoms with Gasteiger partial charge in [0, 0.05) is 21.8 Å². The van der Waals surface area contributed by atoms with Crippen molar-refractivity contribution in [2.24, 2.45) is 50.2 Å². The van der Waals surface area contributed by atoms with Crippen molar-refractivity contribution in [2.45, 2.75) is 217 Å². The minimum atomic E-state index is -2.12. The molecule has 1 unspecified atom stereocenters. The fourth-order valence-corrected chi connectivity index (χ4v) is 15.8. The van der Waals surface area contributed by atoms with Crippen molar-refractivity contribution in [3.05, 3.63) is 23.3 Å². The number of esters is 1. The molecule has 0 aromatic carbocycles. The first-order valence-corrected chi connectivity index (χ1v) is 26.2. The molecule has 5 aliphatic carbocycles. The standard InChI is InChI=1S/C52H82O22/c1-10-21(2)43(67)74-41-40(64)52(20-55)23(17-47(41,3)4)22-11-12-27-49(7)15-14-28(48(5,6)26(49)13-16-50(27,8)51(22,9)38(62)39(52)63)70-46-37(73-45-33(60)31(58)29(56)24(18-53)68-45)35(34(61)36(72-46)42(65)66)71-44-32(59)30(57)25(19-54)69-44/h10,13,22-25,27-41,44-46,53-64H,11-12,14-20H2,1-9H3,(H,65,66)/b21-10-/t22-,23+,24-,25+,27-,28?,29+,30+,31+,32-,33-,34-,35+,36+,37-,38+,39-,40+,41+,44-,45+,46-,49+,50-,51+,52+/m1/s1. The highest BCUT2D eigenvalue weighted by atomic mass is 16.8. The summed E-state index contributed by atoms with van der Waals surface area (Å²) in [5.74, 6) is -3.17. The zero-order chi connectivity index (χ0) is 54.7. The summed E-state index contributed by atoms with van der Waals surface area (Å²) < 4.78 is 42.2. The molecule has 3 aliphatic heterocycles. The fraction of sp³-hybridized carbons (Fsp3) is 0.885. The minimum absolute atomic E-state index is 0.104. The summed E-state index contributed by atoms with van der Waals surface area (Å²) in [7, 11) is 0. The van der Waals surface area contributed by atoms with Crippen LogP contribution in [0.15, 0.2) is 23.3 Å². The van der Waals surface area contributed by atoms with Gasteiger partial charge in [0.1, 0.15) is 73.2 Å². The molecule has 0 radical (unpaired) electrons. The summed E-state index contributed by atoms with van der Waals surface area (Å²) >= 11 is 0. The Balaban J connectivity index is 1.12. The van der Waals surface area contributed by atoms with Crippen LogP contribution in [0.5, 0.6) is 0 Å². The molecule has 0 aromatic heterocycles. The lowest BCUT2D eigenvalue weighted by Gasteiger charge is -2.74. The van der Waals surface area contributed by atoms with E-state index in [0.717, 1.165) is 5.57 Å². The van der Waals surface area contributed by atoms with Gasteiger partial charge in [0.25, 0.3) is 0 Å². The van der Waals surface area contributed by atoms with Crippen molar-refractivity contribution < 1.29 is 109 Å². The number of carboxylic acids is 1. The van der Waals surface area contributed by atoms with Crippen molar-refractivity contribution in [1.29, 1.82) is 0 Å². The third-order valence-electron chi connectivity index (χ3n) is 20.3. The molecule has 0 bridgehead atoms. The van der Waals surface area contributed by atoms with Gasteiger partial charge < -0.3 is 99.5 Å². The van der Waals surface area contributed by atoms with E-state index >= 15 is 0 Å². The van der Waals surface area contributed by atoms with Crippen molar-refractivity contribution in [3.8, 4) is 0 Å². The SMILES string of the molecule is C/C=C(/C)C(=O)O[C@H]1[C@H](O)[C@]2(CO)[C@H](O)[C@H](O)[C@]3(C)[C@H](CC[C@@H]4[C@@]5(C)CCC(O[C@@H]6O[C@H](C(=O)O)[C@H](O)[C@H](O[C@H]7O[C@@H](CO)[C@H](O)[C@H]7O)[C@H]6O[C@@H]6O[C@H](CO)[C@H](O)[C@H](O)[C@H]6O)C(C)(C)C5=CC[C@]43C)[C@@H]2CC1(C)C. The Hall–Kier alpha value is -2.30. The summed E-state index contributed by atoms with van der Waals surface area (Å²) in [5.41, 5.74) is -4.19. The maximum Gasteiger partial charge on any atom is 0.335 e. The molecule has 3 saturated heterocycles. The molecule has 0 amide bonds. The van der Waals surface area contributed by atoms with Gasteiger partial charge in [0.2, 0.25) is 0 Å². The second kappa shape index (κ2) is 20.4. The molecule has 8 rings (SSSR count). The maximum atomic E-state index is 13.2. The Bertz CT molecular complexity index is 2130. The highest BCUT2D eigenvalue weighted by Gasteiger charge is 2.76. The zero-order valence-corrected chi connectivity index (χ0v) is 43.7. The van der Waals surface area contributed by atoms with E-state index in [-0.39, 0.29) is 11.8 Å². The average molecular weight is 1060 g/mol. The highest BCUT2D eigenvalue weighted by Crippen LogP contribution is 2.76. The van der Waals surface area contributed by atoms with Crippen molar-refractivity contribution in [3.63, 3.8) is 0 Å². The van der Waals surface area contributed by atoms with Crippen LogP contribution >= 0.6 is 0 Å². The number of carboxylic acid groups (broad SMARTS) is 1. The van der Waals surface area contributed by atoms with E-state index in [9.17, 15) is 76.0 Å². The number of fused-ring (bicyclic) bond motifs is 7. The molecule has 13 N–H and O–H groups in total. The van der Waals surface area contributed by atoms with Crippen LogP contribution in [-0.4, -0.2) is 215 Å². The number of allylic oxidation sites excluding steroid dienone is 2. The smallest absolute Gasteiger partial charge is 0.335 e. The molecule has 422 valence electrons. The second-order valence-corrected chi connectivity index (χ2v) is 24.6. The van der Waals surface area contributed by atoms with Crippen LogP contribution in [0.2, 0.25) is 0 Å². The number of carbonyl (C=O) groups is 2. The van der Waals surface area contributed by atoms with Crippen LogP contribution in [0.25, 0.3) is 0 Å². The first kappa shape index (κ1) is 57.9. The van der Waals surface area contributed by atoms with Gasteiger partial charge in [-0.15, -0.1) is 0 Å². The van der Waals surface area contributed by atoms with Crippen LogP contribution in [-0.2, 0) is 42.7 Å². The number of ether oxygens (including phenoxy) is 7. The Morgan fingerprint density at radius 1 is 0.689 bits per heavy atom.